The van der Waals surface area contributed by atoms with Gasteiger partial charge in [0.15, 0.2) is 0 Å². The van der Waals surface area contributed by atoms with Gasteiger partial charge in [-0.3, -0.25) is 4.98 Å². The Labute approximate surface area is 85.8 Å². The molecule has 0 radical (unpaired) electrons. The van der Waals surface area contributed by atoms with E-state index in [2.05, 4.69) is 29.1 Å². The second kappa shape index (κ2) is 6.17. The largest absolute Gasteiger partial charge is 0.309 e. The van der Waals surface area contributed by atoms with E-state index in [1.807, 2.05) is 31.5 Å². The van der Waals surface area contributed by atoms with E-state index in [0.717, 1.165) is 13.0 Å². The standard InChI is InChI=1S/C12H16N2/c1-3-4-5-8-14-11(2)12-6-9-13-10-7-12/h6-7,9-11,14H,5,8H2,1-2H3. The van der Waals surface area contributed by atoms with Crippen LogP contribution >= 0.6 is 0 Å². The Kier molecular flexibility index (Phi) is 4.74. The lowest BCUT2D eigenvalue weighted by atomic mass is 10.1. The van der Waals surface area contributed by atoms with Gasteiger partial charge in [0.2, 0.25) is 0 Å². The molecule has 1 aromatic rings. The number of hydrogen-bond donors (Lipinski definition) is 1. The molecule has 2 heteroatoms. The molecular formula is C12H16N2. The lowest BCUT2D eigenvalue weighted by Crippen LogP contribution is -2.19. The molecule has 0 aromatic carbocycles. The number of nitrogens with zero attached hydrogens (tertiary/aromatic N) is 1. The minimum atomic E-state index is 0.372. The highest BCUT2D eigenvalue weighted by atomic mass is 14.9. The molecule has 1 atom stereocenters. The van der Waals surface area contributed by atoms with E-state index < -0.39 is 0 Å². The molecule has 0 fully saturated rings. The van der Waals surface area contributed by atoms with Gasteiger partial charge < -0.3 is 5.32 Å². The quantitative estimate of drug-likeness (QED) is 0.578. The van der Waals surface area contributed by atoms with Gasteiger partial charge in [-0.1, -0.05) is 0 Å². The molecule has 0 aliphatic heterocycles. The van der Waals surface area contributed by atoms with Gasteiger partial charge in [0, 0.05) is 31.4 Å². The van der Waals surface area contributed by atoms with Crippen LogP contribution in [0.4, 0.5) is 0 Å². The molecule has 1 N–H and O–H groups in total. The zero-order valence-corrected chi connectivity index (χ0v) is 8.75. The molecule has 1 unspecified atom stereocenters. The topological polar surface area (TPSA) is 24.9 Å². The summed E-state index contributed by atoms with van der Waals surface area (Å²) in [6, 6.07) is 4.43. The Hall–Kier alpha value is -1.33. The van der Waals surface area contributed by atoms with E-state index in [4.69, 9.17) is 0 Å². The summed E-state index contributed by atoms with van der Waals surface area (Å²) in [6.45, 7) is 4.95. The zero-order valence-electron chi connectivity index (χ0n) is 8.75. The monoisotopic (exact) mass is 188 g/mol. The highest BCUT2D eigenvalue weighted by Gasteiger charge is 2.01. The fraction of sp³-hybridized carbons (Fsp3) is 0.417. The van der Waals surface area contributed by atoms with Gasteiger partial charge in [0.05, 0.1) is 0 Å². The number of hydrogen-bond acceptors (Lipinski definition) is 2. The summed E-state index contributed by atoms with van der Waals surface area (Å²) in [5, 5.41) is 3.40. The molecule has 0 saturated heterocycles. The van der Waals surface area contributed by atoms with E-state index in [1.165, 1.54) is 5.56 Å². The normalized spacial score (nSPS) is 11.6. The number of nitrogens with one attached hydrogen (secondary N) is 1. The van der Waals surface area contributed by atoms with E-state index in [1.54, 1.807) is 0 Å². The van der Waals surface area contributed by atoms with Gasteiger partial charge in [0.25, 0.3) is 0 Å². The lowest BCUT2D eigenvalue weighted by molar-refractivity contribution is 0.583. The summed E-state index contributed by atoms with van der Waals surface area (Å²) in [6.07, 6.45) is 4.55. The maximum Gasteiger partial charge on any atom is 0.0293 e. The number of pyridine rings is 1. The predicted octanol–water partition coefficient (Wildman–Crippen LogP) is 2.15. The predicted molar refractivity (Wildman–Crippen MR) is 58.7 cm³/mol. The third-order valence-electron chi connectivity index (χ3n) is 2.08. The van der Waals surface area contributed by atoms with Crippen LogP contribution in [0.5, 0.6) is 0 Å². The van der Waals surface area contributed by atoms with Crippen LogP contribution in [0.15, 0.2) is 24.5 Å². The van der Waals surface area contributed by atoms with Gasteiger partial charge in [0.1, 0.15) is 0 Å². The van der Waals surface area contributed by atoms with Crippen LogP contribution in [0.2, 0.25) is 0 Å². The summed E-state index contributed by atoms with van der Waals surface area (Å²) in [7, 11) is 0. The van der Waals surface area contributed by atoms with Crippen LogP contribution in [0.25, 0.3) is 0 Å². The molecule has 0 saturated carbocycles. The van der Waals surface area contributed by atoms with Crippen molar-refractivity contribution in [1.82, 2.24) is 10.3 Å². The first-order valence-corrected chi connectivity index (χ1v) is 4.87. The SMILES string of the molecule is CC#CCCNC(C)c1ccncc1. The van der Waals surface area contributed by atoms with Crippen LogP contribution in [0, 0.1) is 11.8 Å². The van der Waals surface area contributed by atoms with Crippen molar-refractivity contribution in [2.24, 2.45) is 0 Å². The van der Waals surface area contributed by atoms with Crippen LogP contribution in [0.1, 0.15) is 31.9 Å². The molecule has 1 aromatic heterocycles. The van der Waals surface area contributed by atoms with Gasteiger partial charge in [-0.2, -0.15) is 0 Å². The average Bonchev–Trinajstić information content (AvgIpc) is 2.25. The Bertz CT molecular complexity index is 308. The Morgan fingerprint density at radius 3 is 2.79 bits per heavy atom. The molecular weight excluding hydrogens is 172 g/mol. The van der Waals surface area contributed by atoms with E-state index in [0.29, 0.717) is 6.04 Å². The minimum Gasteiger partial charge on any atom is -0.309 e. The number of rotatable bonds is 4. The minimum absolute atomic E-state index is 0.372. The molecule has 1 rings (SSSR count). The Balaban J connectivity index is 2.34. The van der Waals surface area contributed by atoms with Crippen molar-refractivity contribution >= 4 is 0 Å². The first-order chi connectivity index (χ1) is 6.84. The van der Waals surface area contributed by atoms with Crippen LogP contribution in [0.3, 0.4) is 0 Å². The first kappa shape index (κ1) is 10.7. The highest BCUT2D eigenvalue weighted by molar-refractivity contribution is 5.13. The van der Waals surface area contributed by atoms with Crippen molar-refractivity contribution in [2.75, 3.05) is 6.54 Å². The van der Waals surface area contributed by atoms with E-state index in [-0.39, 0.29) is 0 Å². The first-order valence-electron chi connectivity index (χ1n) is 4.87. The third kappa shape index (κ3) is 3.59. The van der Waals surface area contributed by atoms with Gasteiger partial charge >= 0.3 is 0 Å². The molecule has 0 aliphatic rings. The van der Waals surface area contributed by atoms with Crippen molar-refractivity contribution in [3.8, 4) is 11.8 Å². The maximum atomic E-state index is 3.99. The molecule has 0 aliphatic carbocycles. The fourth-order valence-electron chi connectivity index (χ4n) is 1.25. The van der Waals surface area contributed by atoms with E-state index >= 15 is 0 Å². The van der Waals surface area contributed by atoms with Crippen LogP contribution in [-0.4, -0.2) is 11.5 Å². The average molecular weight is 188 g/mol. The summed E-state index contributed by atoms with van der Waals surface area (Å²) in [5.41, 5.74) is 1.27. The summed E-state index contributed by atoms with van der Waals surface area (Å²) in [5.74, 6) is 5.91. The molecule has 14 heavy (non-hydrogen) atoms. The zero-order chi connectivity index (χ0) is 10.2. The highest BCUT2D eigenvalue weighted by Crippen LogP contribution is 2.09. The van der Waals surface area contributed by atoms with Crippen molar-refractivity contribution in [2.45, 2.75) is 26.3 Å². The third-order valence-corrected chi connectivity index (χ3v) is 2.08. The molecule has 2 nitrogen and oxygen atoms in total. The molecule has 0 spiro atoms. The molecule has 0 amide bonds. The van der Waals surface area contributed by atoms with Crippen molar-refractivity contribution in [3.63, 3.8) is 0 Å². The summed E-state index contributed by atoms with van der Waals surface area (Å²) in [4.78, 5) is 3.99. The van der Waals surface area contributed by atoms with Crippen molar-refractivity contribution in [1.29, 1.82) is 0 Å². The van der Waals surface area contributed by atoms with Gasteiger partial charge in [-0.25, -0.2) is 0 Å². The van der Waals surface area contributed by atoms with Crippen LogP contribution in [-0.2, 0) is 0 Å². The number of aromatic nitrogens is 1. The lowest BCUT2D eigenvalue weighted by Gasteiger charge is -2.12. The summed E-state index contributed by atoms with van der Waals surface area (Å²) < 4.78 is 0. The fourth-order valence-corrected chi connectivity index (χ4v) is 1.25. The second-order valence-corrected chi connectivity index (χ2v) is 3.13. The molecule has 0 bridgehead atoms. The van der Waals surface area contributed by atoms with Crippen LogP contribution < -0.4 is 5.32 Å². The van der Waals surface area contributed by atoms with E-state index in [9.17, 15) is 0 Å². The van der Waals surface area contributed by atoms with Crippen molar-refractivity contribution in [3.05, 3.63) is 30.1 Å². The summed E-state index contributed by atoms with van der Waals surface area (Å²) >= 11 is 0. The van der Waals surface area contributed by atoms with Crippen molar-refractivity contribution < 1.29 is 0 Å². The van der Waals surface area contributed by atoms with Gasteiger partial charge in [-0.05, 0) is 31.5 Å². The molecule has 74 valence electrons. The Morgan fingerprint density at radius 1 is 1.43 bits per heavy atom. The second-order valence-electron chi connectivity index (χ2n) is 3.13. The van der Waals surface area contributed by atoms with Gasteiger partial charge in [-0.15, -0.1) is 11.8 Å². The Morgan fingerprint density at radius 2 is 2.14 bits per heavy atom. The maximum absolute atomic E-state index is 3.99. The molecule has 1 heterocycles. The smallest absolute Gasteiger partial charge is 0.0293 e.